The highest BCUT2D eigenvalue weighted by atomic mass is 35.5. The molecule has 0 spiro atoms. The third-order valence-electron chi connectivity index (χ3n) is 4.40. The Balaban J connectivity index is 1.83. The Morgan fingerprint density at radius 1 is 0.897 bits per heavy atom. The second kappa shape index (κ2) is 9.07. The first-order chi connectivity index (χ1) is 13.9. The number of hydrogen-bond acceptors (Lipinski definition) is 5. The Kier molecular flexibility index (Phi) is 6.52. The normalized spacial score (nSPS) is 10.4. The third-order valence-corrected chi connectivity index (χ3v) is 4.84. The standard InChI is InChI=1S/C22H20Cl2N2O3/c1-26(18-11-14(23)10-15(24)12-18)17-6-4-16(5-7-17)25-21-9-8-19(28-2)13-20(21)22(27)29-3/h4-13,25H,1-3H3. The first kappa shape index (κ1) is 20.8. The zero-order valence-electron chi connectivity index (χ0n) is 16.2. The van der Waals surface area contributed by atoms with E-state index in [2.05, 4.69) is 5.32 Å². The lowest BCUT2D eigenvalue weighted by atomic mass is 10.1. The zero-order valence-corrected chi connectivity index (χ0v) is 17.7. The minimum absolute atomic E-state index is 0.390. The third kappa shape index (κ3) is 4.94. The van der Waals surface area contributed by atoms with E-state index in [0.717, 1.165) is 17.1 Å². The van der Waals surface area contributed by atoms with Gasteiger partial charge < -0.3 is 19.7 Å². The molecule has 0 amide bonds. The molecule has 0 radical (unpaired) electrons. The Morgan fingerprint density at radius 3 is 2.14 bits per heavy atom. The van der Waals surface area contributed by atoms with Gasteiger partial charge in [0.15, 0.2) is 0 Å². The predicted molar refractivity (Wildman–Crippen MR) is 119 cm³/mol. The molecule has 7 heteroatoms. The lowest BCUT2D eigenvalue weighted by molar-refractivity contribution is 0.0601. The van der Waals surface area contributed by atoms with Crippen LogP contribution in [0.3, 0.4) is 0 Å². The summed E-state index contributed by atoms with van der Waals surface area (Å²) in [5, 5.41) is 4.40. The minimum atomic E-state index is -0.444. The maximum atomic E-state index is 12.1. The van der Waals surface area contributed by atoms with Crippen molar-refractivity contribution in [1.82, 2.24) is 0 Å². The summed E-state index contributed by atoms with van der Waals surface area (Å²) in [6, 6.07) is 18.3. The molecule has 0 aliphatic heterocycles. The van der Waals surface area contributed by atoms with Crippen LogP contribution in [0.2, 0.25) is 10.0 Å². The molecular weight excluding hydrogens is 411 g/mol. The predicted octanol–water partition coefficient (Wildman–Crippen LogP) is 6.30. The first-order valence-electron chi connectivity index (χ1n) is 8.74. The summed E-state index contributed by atoms with van der Waals surface area (Å²) in [6.07, 6.45) is 0. The molecule has 0 atom stereocenters. The van der Waals surface area contributed by atoms with Crippen LogP contribution in [0, 0.1) is 0 Å². The second-order valence-corrected chi connectivity index (χ2v) is 7.13. The SMILES string of the molecule is COC(=O)c1cc(OC)ccc1Nc1ccc(N(C)c2cc(Cl)cc(Cl)c2)cc1. The number of carbonyl (C=O) groups excluding carboxylic acids is 1. The van der Waals surface area contributed by atoms with Gasteiger partial charge in [-0.25, -0.2) is 4.79 Å². The molecule has 3 aromatic carbocycles. The van der Waals surface area contributed by atoms with Crippen LogP contribution in [-0.2, 0) is 4.74 Å². The molecule has 0 unspecified atom stereocenters. The summed E-state index contributed by atoms with van der Waals surface area (Å²) < 4.78 is 10.1. The zero-order chi connectivity index (χ0) is 21.0. The lowest BCUT2D eigenvalue weighted by Gasteiger charge is -2.21. The van der Waals surface area contributed by atoms with E-state index in [-0.39, 0.29) is 0 Å². The van der Waals surface area contributed by atoms with Gasteiger partial charge in [0, 0.05) is 34.2 Å². The maximum absolute atomic E-state index is 12.1. The van der Waals surface area contributed by atoms with Crippen molar-refractivity contribution in [3.8, 4) is 5.75 Å². The Labute approximate surface area is 179 Å². The molecule has 0 heterocycles. The fourth-order valence-electron chi connectivity index (χ4n) is 2.84. The number of hydrogen-bond donors (Lipinski definition) is 1. The molecule has 3 rings (SSSR count). The van der Waals surface area contributed by atoms with Gasteiger partial charge in [-0.15, -0.1) is 0 Å². The summed E-state index contributed by atoms with van der Waals surface area (Å²) >= 11 is 12.2. The number of carbonyl (C=O) groups is 1. The maximum Gasteiger partial charge on any atom is 0.340 e. The van der Waals surface area contributed by atoms with Crippen molar-refractivity contribution in [2.24, 2.45) is 0 Å². The Morgan fingerprint density at radius 2 is 1.55 bits per heavy atom. The van der Waals surface area contributed by atoms with Crippen LogP contribution in [0.5, 0.6) is 5.75 Å². The molecule has 0 bridgehead atoms. The van der Waals surface area contributed by atoms with Gasteiger partial charge in [0.1, 0.15) is 5.75 Å². The van der Waals surface area contributed by atoms with Gasteiger partial charge in [0.25, 0.3) is 0 Å². The topological polar surface area (TPSA) is 50.8 Å². The number of nitrogens with zero attached hydrogens (tertiary/aromatic N) is 1. The van der Waals surface area contributed by atoms with Crippen molar-refractivity contribution in [2.75, 3.05) is 31.5 Å². The van der Waals surface area contributed by atoms with Crippen LogP contribution in [-0.4, -0.2) is 27.2 Å². The van der Waals surface area contributed by atoms with Gasteiger partial charge in [0.2, 0.25) is 0 Å². The summed E-state index contributed by atoms with van der Waals surface area (Å²) in [5.41, 5.74) is 3.67. The van der Waals surface area contributed by atoms with Gasteiger partial charge in [-0.2, -0.15) is 0 Å². The van der Waals surface area contributed by atoms with Crippen LogP contribution >= 0.6 is 23.2 Å². The van der Waals surface area contributed by atoms with E-state index in [4.69, 9.17) is 32.7 Å². The molecule has 1 N–H and O–H groups in total. The average Bonchev–Trinajstić information content (AvgIpc) is 2.72. The van der Waals surface area contributed by atoms with E-state index in [1.807, 2.05) is 48.3 Å². The van der Waals surface area contributed by atoms with Crippen molar-refractivity contribution < 1.29 is 14.3 Å². The number of esters is 1. The van der Waals surface area contributed by atoms with E-state index in [1.165, 1.54) is 7.11 Å². The molecule has 150 valence electrons. The Hall–Kier alpha value is -2.89. The van der Waals surface area contributed by atoms with Crippen molar-refractivity contribution in [3.63, 3.8) is 0 Å². The van der Waals surface area contributed by atoms with Gasteiger partial charge in [-0.05, 0) is 60.7 Å². The van der Waals surface area contributed by atoms with Gasteiger partial charge >= 0.3 is 5.97 Å². The molecule has 0 aliphatic carbocycles. The van der Waals surface area contributed by atoms with E-state index < -0.39 is 5.97 Å². The van der Waals surface area contributed by atoms with Gasteiger partial charge in [-0.1, -0.05) is 23.2 Å². The number of methoxy groups -OCH3 is 2. The van der Waals surface area contributed by atoms with Crippen molar-refractivity contribution >= 4 is 51.9 Å². The highest BCUT2D eigenvalue weighted by Gasteiger charge is 2.14. The summed E-state index contributed by atoms with van der Waals surface area (Å²) in [5.74, 6) is 0.133. The van der Waals surface area contributed by atoms with E-state index in [9.17, 15) is 4.79 Å². The first-order valence-corrected chi connectivity index (χ1v) is 9.50. The van der Waals surface area contributed by atoms with E-state index in [1.54, 1.807) is 31.4 Å². The van der Waals surface area contributed by atoms with Crippen LogP contribution in [0.15, 0.2) is 60.7 Å². The van der Waals surface area contributed by atoms with Crippen LogP contribution in [0.1, 0.15) is 10.4 Å². The van der Waals surface area contributed by atoms with Gasteiger partial charge in [-0.3, -0.25) is 0 Å². The van der Waals surface area contributed by atoms with Crippen LogP contribution in [0.4, 0.5) is 22.7 Å². The molecular formula is C22H20Cl2N2O3. The van der Waals surface area contributed by atoms with Crippen LogP contribution < -0.4 is 15.0 Å². The molecule has 5 nitrogen and oxygen atoms in total. The molecule has 0 fully saturated rings. The second-order valence-electron chi connectivity index (χ2n) is 6.26. The number of ether oxygens (including phenoxy) is 2. The lowest BCUT2D eigenvalue weighted by Crippen LogP contribution is -2.09. The number of rotatable bonds is 6. The van der Waals surface area contributed by atoms with Crippen molar-refractivity contribution in [3.05, 3.63) is 76.3 Å². The molecule has 0 saturated heterocycles. The van der Waals surface area contributed by atoms with Crippen molar-refractivity contribution in [2.45, 2.75) is 0 Å². The molecule has 0 saturated carbocycles. The smallest absolute Gasteiger partial charge is 0.340 e. The fraction of sp³-hybridized carbons (Fsp3) is 0.136. The number of anilines is 4. The molecule has 0 aromatic heterocycles. The number of nitrogens with one attached hydrogen (secondary N) is 1. The van der Waals surface area contributed by atoms with Crippen LogP contribution in [0.25, 0.3) is 0 Å². The Bertz CT molecular complexity index is 1000. The minimum Gasteiger partial charge on any atom is -0.497 e. The monoisotopic (exact) mass is 430 g/mol. The quantitative estimate of drug-likeness (QED) is 0.464. The highest BCUT2D eigenvalue weighted by Crippen LogP contribution is 2.31. The molecule has 0 aliphatic rings. The van der Waals surface area contributed by atoms with E-state index >= 15 is 0 Å². The molecule has 29 heavy (non-hydrogen) atoms. The largest absolute Gasteiger partial charge is 0.497 e. The number of benzene rings is 3. The van der Waals surface area contributed by atoms with Crippen molar-refractivity contribution in [1.29, 1.82) is 0 Å². The molecule has 3 aromatic rings. The summed E-state index contributed by atoms with van der Waals surface area (Å²) in [6.45, 7) is 0. The van der Waals surface area contributed by atoms with E-state index in [0.29, 0.717) is 27.0 Å². The highest BCUT2D eigenvalue weighted by molar-refractivity contribution is 6.35. The fourth-order valence-corrected chi connectivity index (χ4v) is 3.36. The average molecular weight is 431 g/mol. The van der Waals surface area contributed by atoms with Gasteiger partial charge in [0.05, 0.1) is 25.5 Å². The number of halogens is 2. The summed E-state index contributed by atoms with van der Waals surface area (Å²) in [4.78, 5) is 14.1. The summed E-state index contributed by atoms with van der Waals surface area (Å²) in [7, 11) is 4.83.